The third kappa shape index (κ3) is 6.70. The first-order valence-corrected chi connectivity index (χ1v) is 9.98. The number of nitrogens with zero attached hydrogens (tertiary/aromatic N) is 1. The second kappa shape index (κ2) is 12.1. The predicted molar refractivity (Wildman–Crippen MR) is 110 cm³/mol. The van der Waals surface area contributed by atoms with Gasteiger partial charge in [-0.25, -0.2) is 0 Å². The summed E-state index contributed by atoms with van der Waals surface area (Å²) in [6.45, 7) is 1.81. The summed E-state index contributed by atoms with van der Waals surface area (Å²) < 4.78 is 15.1. The van der Waals surface area contributed by atoms with E-state index in [-0.39, 0.29) is 30.2 Å². The molecule has 166 valence electrons. The Kier molecular flexibility index (Phi) is 9.56. The minimum absolute atomic E-state index is 0.0399. The van der Waals surface area contributed by atoms with Crippen LogP contribution in [0.5, 0.6) is 5.75 Å². The highest BCUT2D eigenvalue weighted by Crippen LogP contribution is 2.22. The van der Waals surface area contributed by atoms with Gasteiger partial charge < -0.3 is 29.7 Å². The van der Waals surface area contributed by atoms with Gasteiger partial charge in [-0.05, 0) is 37.0 Å². The van der Waals surface area contributed by atoms with Crippen molar-refractivity contribution in [3.8, 4) is 5.75 Å². The number of rotatable bonds is 10. The average molecular weight is 421 g/mol. The molecule has 9 nitrogen and oxygen atoms in total. The molecule has 0 unspecified atom stereocenters. The van der Waals surface area contributed by atoms with Crippen LogP contribution in [0.25, 0.3) is 0 Å². The fraction of sp³-hybridized carbons (Fsp3) is 0.571. The summed E-state index contributed by atoms with van der Waals surface area (Å²) in [6, 6.07) is 6.06. The maximum atomic E-state index is 12.8. The molecule has 2 rings (SSSR count). The molecule has 2 N–H and O–H groups in total. The molecule has 1 fully saturated rings. The Balaban J connectivity index is 2.08. The smallest absolute Gasteiger partial charge is 0.252 e. The molecule has 0 bridgehead atoms. The van der Waals surface area contributed by atoms with Gasteiger partial charge in [0.1, 0.15) is 18.4 Å². The Hall–Kier alpha value is -2.65. The third-order valence-corrected chi connectivity index (χ3v) is 5.14. The van der Waals surface area contributed by atoms with Gasteiger partial charge in [0.2, 0.25) is 11.8 Å². The Morgan fingerprint density at radius 3 is 2.50 bits per heavy atom. The maximum Gasteiger partial charge on any atom is 0.252 e. The number of benzene rings is 1. The van der Waals surface area contributed by atoms with E-state index < -0.39 is 6.04 Å². The first kappa shape index (κ1) is 23.6. The van der Waals surface area contributed by atoms with E-state index >= 15 is 0 Å². The highest BCUT2D eigenvalue weighted by atomic mass is 16.5. The number of ether oxygens (including phenoxy) is 3. The number of hydrogen-bond acceptors (Lipinski definition) is 6. The zero-order valence-electron chi connectivity index (χ0n) is 17.8. The number of nitrogens with one attached hydrogen (secondary N) is 2. The van der Waals surface area contributed by atoms with Crippen molar-refractivity contribution in [3.63, 3.8) is 0 Å². The van der Waals surface area contributed by atoms with Crippen LogP contribution in [0.4, 0.5) is 0 Å². The van der Waals surface area contributed by atoms with Crippen molar-refractivity contribution in [1.29, 1.82) is 0 Å². The molecule has 1 aromatic carbocycles. The molecule has 3 amide bonds. The van der Waals surface area contributed by atoms with Gasteiger partial charge in [-0.15, -0.1) is 0 Å². The van der Waals surface area contributed by atoms with Crippen LogP contribution in [-0.4, -0.2) is 82.8 Å². The number of hydrogen-bond donors (Lipinski definition) is 2. The SMILES string of the molecule is COCCNC(=O)[C@@H](NC(=O)c1cccc(OC)c1)C1CCN(C(=O)COC)CC1. The van der Waals surface area contributed by atoms with E-state index in [1.165, 1.54) is 14.2 Å². The zero-order valence-corrected chi connectivity index (χ0v) is 17.8. The van der Waals surface area contributed by atoms with E-state index in [0.29, 0.717) is 50.4 Å². The highest BCUT2D eigenvalue weighted by molar-refractivity contribution is 5.98. The molecule has 30 heavy (non-hydrogen) atoms. The van der Waals surface area contributed by atoms with Gasteiger partial charge in [0.15, 0.2) is 0 Å². The lowest BCUT2D eigenvalue weighted by Gasteiger charge is -2.35. The number of likely N-dealkylation sites (tertiary alicyclic amines) is 1. The van der Waals surface area contributed by atoms with Crippen molar-refractivity contribution in [1.82, 2.24) is 15.5 Å². The van der Waals surface area contributed by atoms with Gasteiger partial charge >= 0.3 is 0 Å². The van der Waals surface area contributed by atoms with Crippen molar-refractivity contribution in [2.45, 2.75) is 18.9 Å². The third-order valence-electron chi connectivity index (χ3n) is 5.14. The molecule has 0 aromatic heterocycles. The van der Waals surface area contributed by atoms with Crippen LogP contribution < -0.4 is 15.4 Å². The first-order chi connectivity index (χ1) is 14.5. The van der Waals surface area contributed by atoms with Crippen LogP contribution in [0, 0.1) is 5.92 Å². The van der Waals surface area contributed by atoms with Crippen molar-refractivity contribution in [2.24, 2.45) is 5.92 Å². The lowest BCUT2D eigenvalue weighted by atomic mass is 9.88. The Bertz CT molecular complexity index is 718. The molecule has 0 radical (unpaired) electrons. The van der Waals surface area contributed by atoms with Gasteiger partial charge in [-0.3, -0.25) is 14.4 Å². The average Bonchev–Trinajstić information content (AvgIpc) is 2.77. The van der Waals surface area contributed by atoms with E-state index in [0.717, 1.165) is 0 Å². The van der Waals surface area contributed by atoms with Crippen LogP contribution in [0.15, 0.2) is 24.3 Å². The molecule has 1 aliphatic rings. The molecule has 0 aliphatic carbocycles. The molecular formula is C21H31N3O6. The van der Waals surface area contributed by atoms with E-state index in [1.54, 1.807) is 36.3 Å². The molecule has 9 heteroatoms. The summed E-state index contributed by atoms with van der Waals surface area (Å²) in [6.07, 6.45) is 1.21. The summed E-state index contributed by atoms with van der Waals surface area (Å²) in [5.41, 5.74) is 0.414. The Morgan fingerprint density at radius 1 is 1.13 bits per heavy atom. The van der Waals surface area contributed by atoms with Gasteiger partial charge in [0.25, 0.3) is 5.91 Å². The lowest BCUT2D eigenvalue weighted by molar-refractivity contribution is -0.136. The molecule has 1 aliphatic heterocycles. The molecule has 1 heterocycles. The first-order valence-electron chi connectivity index (χ1n) is 9.98. The number of methoxy groups -OCH3 is 3. The van der Waals surface area contributed by atoms with Crippen LogP contribution >= 0.6 is 0 Å². The van der Waals surface area contributed by atoms with E-state index in [9.17, 15) is 14.4 Å². The fourth-order valence-corrected chi connectivity index (χ4v) is 3.47. The topological polar surface area (TPSA) is 106 Å². The van der Waals surface area contributed by atoms with Crippen molar-refractivity contribution < 1.29 is 28.6 Å². The van der Waals surface area contributed by atoms with Crippen molar-refractivity contribution in [3.05, 3.63) is 29.8 Å². The maximum absolute atomic E-state index is 12.8. The minimum Gasteiger partial charge on any atom is -0.497 e. The number of carbonyl (C=O) groups is 3. The molecule has 1 saturated heterocycles. The van der Waals surface area contributed by atoms with Crippen LogP contribution in [0.1, 0.15) is 23.2 Å². The van der Waals surface area contributed by atoms with Gasteiger partial charge in [0.05, 0.1) is 13.7 Å². The standard InChI is InChI=1S/C21H31N3O6/c1-28-12-9-22-21(27)19(15-7-10-24(11-8-15)18(25)14-29-2)23-20(26)16-5-4-6-17(13-16)30-3/h4-6,13,15,19H,7-12,14H2,1-3H3,(H,22,27)(H,23,26)/t19-/m0/s1. The lowest BCUT2D eigenvalue weighted by Crippen LogP contribution is -2.54. The predicted octanol–water partition coefficient (Wildman–Crippen LogP) is 0.441. The number of piperidine rings is 1. The summed E-state index contributed by atoms with van der Waals surface area (Å²) >= 11 is 0. The largest absolute Gasteiger partial charge is 0.497 e. The summed E-state index contributed by atoms with van der Waals surface area (Å²) in [4.78, 5) is 39.4. The van der Waals surface area contributed by atoms with Crippen LogP contribution in [-0.2, 0) is 19.1 Å². The van der Waals surface area contributed by atoms with Crippen LogP contribution in [0.3, 0.4) is 0 Å². The second-order valence-electron chi connectivity index (χ2n) is 7.12. The fourth-order valence-electron chi connectivity index (χ4n) is 3.47. The molecule has 1 atom stereocenters. The Morgan fingerprint density at radius 2 is 1.87 bits per heavy atom. The monoisotopic (exact) mass is 421 g/mol. The van der Waals surface area contributed by atoms with Gasteiger partial charge in [-0.2, -0.15) is 0 Å². The summed E-state index contributed by atoms with van der Waals surface area (Å²) in [5, 5.41) is 5.69. The molecule has 1 aromatic rings. The quantitative estimate of drug-likeness (QED) is 0.531. The van der Waals surface area contributed by atoms with E-state index in [1.807, 2.05) is 0 Å². The van der Waals surface area contributed by atoms with E-state index in [2.05, 4.69) is 10.6 Å². The van der Waals surface area contributed by atoms with Crippen LogP contribution in [0.2, 0.25) is 0 Å². The van der Waals surface area contributed by atoms with E-state index in [4.69, 9.17) is 14.2 Å². The highest BCUT2D eigenvalue weighted by Gasteiger charge is 2.33. The molecule has 0 saturated carbocycles. The normalized spacial score (nSPS) is 15.4. The Labute approximate surface area is 177 Å². The molecule has 0 spiro atoms. The number of carbonyl (C=O) groups excluding carboxylic acids is 3. The number of amides is 3. The minimum atomic E-state index is -0.708. The summed E-state index contributed by atoms with van der Waals surface area (Å²) in [7, 11) is 4.57. The van der Waals surface area contributed by atoms with Crippen molar-refractivity contribution in [2.75, 3.05) is 54.2 Å². The van der Waals surface area contributed by atoms with Crippen molar-refractivity contribution >= 4 is 17.7 Å². The van der Waals surface area contributed by atoms with Gasteiger partial charge in [-0.1, -0.05) is 6.07 Å². The second-order valence-corrected chi connectivity index (χ2v) is 7.12. The van der Waals surface area contributed by atoms with Gasteiger partial charge in [0, 0.05) is 39.4 Å². The zero-order chi connectivity index (χ0) is 21.9. The summed E-state index contributed by atoms with van der Waals surface area (Å²) in [5.74, 6) is -0.205. The molecular weight excluding hydrogens is 390 g/mol.